The van der Waals surface area contributed by atoms with Crippen LogP contribution in [-0.4, -0.2) is 50.8 Å². The molecule has 0 saturated carbocycles. The number of halogens is 6. The number of amides is 1. The average molecular weight is 616 g/mol. The van der Waals surface area contributed by atoms with Crippen molar-refractivity contribution in [2.45, 2.75) is 12.7 Å². The number of nitrogens with one attached hydrogen (secondary N) is 3. The van der Waals surface area contributed by atoms with E-state index in [-0.39, 0.29) is 5.91 Å². The monoisotopic (exact) mass is 614 g/mol. The number of pyridine rings is 1. The van der Waals surface area contributed by atoms with Crippen LogP contribution in [0.4, 0.5) is 30.6 Å². The molecule has 4 aromatic rings. The minimum atomic E-state index is -5.08. The molecule has 0 aliphatic carbocycles. The van der Waals surface area contributed by atoms with E-state index >= 15 is 0 Å². The molecule has 0 unspecified atom stereocenters. The van der Waals surface area contributed by atoms with Crippen LogP contribution in [0, 0.1) is 5.92 Å². The number of imidazole rings is 1. The third kappa shape index (κ3) is 7.13. The maximum atomic E-state index is 12.8. The van der Waals surface area contributed by atoms with E-state index in [9.17, 15) is 18.0 Å². The Hall–Kier alpha value is -3.58. The molecule has 0 bridgehead atoms. The minimum absolute atomic E-state index is 0.298. The molecule has 3 heterocycles. The van der Waals surface area contributed by atoms with Crippen molar-refractivity contribution in [2.75, 3.05) is 23.7 Å². The van der Waals surface area contributed by atoms with Crippen LogP contribution in [0.1, 0.15) is 10.4 Å². The van der Waals surface area contributed by atoms with Gasteiger partial charge in [-0.15, -0.1) is 0 Å². The van der Waals surface area contributed by atoms with Gasteiger partial charge in [-0.05, 0) is 42.5 Å². The van der Waals surface area contributed by atoms with E-state index in [4.69, 9.17) is 49.7 Å². The van der Waals surface area contributed by atoms with Crippen LogP contribution in [0.25, 0.3) is 11.0 Å². The van der Waals surface area contributed by atoms with E-state index in [1.54, 1.807) is 42.5 Å². The molecule has 1 saturated heterocycles. The topological polar surface area (TPSA) is 121 Å². The van der Waals surface area contributed by atoms with Gasteiger partial charge < -0.3 is 25.6 Å². The van der Waals surface area contributed by atoms with Crippen molar-refractivity contribution < 1.29 is 27.9 Å². The third-order valence-corrected chi connectivity index (χ3v) is 6.59. The number of carboxylic acid groups (broad SMARTS) is 1. The zero-order valence-corrected chi connectivity index (χ0v) is 22.5. The minimum Gasteiger partial charge on any atom is -0.475 e. The number of aliphatic carboxylic acids is 1. The Kier molecular flexibility index (Phi) is 9.04. The number of hydrogen-bond donors (Lipinski definition) is 4. The predicted octanol–water partition coefficient (Wildman–Crippen LogP) is 6.24. The second kappa shape index (κ2) is 12.3. The number of carbonyl (C=O) groups is 2. The highest BCUT2D eigenvalue weighted by Crippen LogP contribution is 2.34. The smallest absolute Gasteiger partial charge is 0.475 e. The van der Waals surface area contributed by atoms with E-state index in [1.807, 2.05) is 6.07 Å². The number of para-hydroxylation sites is 1. The zero-order valence-electron chi connectivity index (χ0n) is 20.3. The summed E-state index contributed by atoms with van der Waals surface area (Å²) in [5.74, 6) is -1.57. The Labute approximate surface area is 240 Å². The van der Waals surface area contributed by atoms with Gasteiger partial charge in [0.1, 0.15) is 5.82 Å². The number of anilines is 3. The predicted molar refractivity (Wildman–Crippen MR) is 147 cm³/mol. The van der Waals surface area contributed by atoms with Gasteiger partial charge in [-0.2, -0.15) is 13.2 Å². The van der Waals surface area contributed by atoms with Crippen molar-refractivity contribution in [3.8, 4) is 0 Å². The fraction of sp³-hybridized carbons (Fsp3) is 0.200. The Bertz CT molecular complexity index is 1540. The van der Waals surface area contributed by atoms with Gasteiger partial charge in [0.25, 0.3) is 5.91 Å². The normalized spacial score (nSPS) is 13.2. The average Bonchev–Trinajstić information content (AvgIpc) is 3.19. The van der Waals surface area contributed by atoms with E-state index in [1.165, 1.54) is 6.20 Å². The Morgan fingerprint density at radius 2 is 1.75 bits per heavy atom. The molecule has 210 valence electrons. The molecular weight excluding hydrogens is 596 g/mol. The molecule has 1 aliphatic heterocycles. The number of nitrogens with zero attached hydrogens (tertiary/aromatic N) is 3. The first kappa shape index (κ1) is 29.4. The summed E-state index contributed by atoms with van der Waals surface area (Å²) in [5.41, 5.74) is 2.64. The highest BCUT2D eigenvalue weighted by molar-refractivity contribution is 6.39. The number of hydrogen-bond acceptors (Lipinski definition) is 6. The van der Waals surface area contributed by atoms with Crippen molar-refractivity contribution in [3.63, 3.8) is 0 Å². The van der Waals surface area contributed by atoms with E-state index < -0.39 is 12.1 Å². The number of fused-ring (bicyclic) bond motifs is 1. The second-order valence-corrected chi connectivity index (χ2v) is 9.86. The van der Waals surface area contributed by atoms with E-state index in [2.05, 4.69) is 25.5 Å². The lowest BCUT2D eigenvalue weighted by Gasteiger charge is -2.28. The Morgan fingerprint density at radius 3 is 2.33 bits per heavy atom. The van der Waals surface area contributed by atoms with E-state index in [0.29, 0.717) is 49.5 Å². The summed E-state index contributed by atoms with van der Waals surface area (Å²) >= 11 is 18.7. The van der Waals surface area contributed by atoms with Gasteiger partial charge in [0.05, 0.1) is 26.8 Å². The first-order valence-corrected chi connectivity index (χ1v) is 12.7. The maximum absolute atomic E-state index is 12.8. The van der Waals surface area contributed by atoms with Gasteiger partial charge in [-0.25, -0.2) is 14.8 Å². The van der Waals surface area contributed by atoms with Gasteiger partial charge >= 0.3 is 12.1 Å². The number of aromatic nitrogens is 3. The van der Waals surface area contributed by atoms with Gasteiger partial charge in [0, 0.05) is 42.3 Å². The molecule has 1 amide bonds. The SMILES string of the molecule is O=C(Nc1cc(Cl)ccn1)c1ccc2c(c1)nc(Nc1c(Cl)cccc1Cl)n2CC1CNC1.O=C(O)C(F)(F)F. The molecule has 0 radical (unpaired) electrons. The number of alkyl halides is 3. The lowest BCUT2D eigenvalue weighted by molar-refractivity contribution is -0.192. The highest BCUT2D eigenvalue weighted by atomic mass is 35.5. The molecule has 40 heavy (non-hydrogen) atoms. The van der Waals surface area contributed by atoms with Gasteiger partial charge in [0.15, 0.2) is 0 Å². The molecule has 0 spiro atoms. The Balaban J connectivity index is 0.000000470. The zero-order chi connectivity index (χ0) is 29.0. The van der Waals surface area contributed by atoms with Crippen LogP contribution in [0.5, 0.6) is 0 Å². The number of rotatable bonds is 6. The summed E-state index contributed by atoms with van der Waals surface area (Å²) in [6.45, 7) is 2.66. The van der Waals surface area contributed by atoms with Crippen LogP contribution < -0.4 is 16.0 Å². The number of carbonyl (C=O) groups excluding carboxylic acids is 1. The van der Waals surface area contributed by atoms with Crippen molar-refractivity contribution in [3.05, 3.63) is 75.4 Å². The van der Waals surface area contributed by atoms with Crippen molar-refractivity contribution in [1.29, 1.82) is 0 Å². The molecule has 15 heteroatoms. The van der Waals surface area contributed by atoms with E-state index in [0.717, 1.165) is 25.2 Å². The third-order valence-electron chi connectivity index (χ3n) is 5.72. The number of carboxylic acids is 1. The molecule has 4 N–H and O–H groups in total. The molecule has 2 aromatic carbocycles. The fourth-order valence-corrected chi connectivity index (χ4v) is 4.33. The molecule has 9 nitrogen and oxygen atoms in total. The Morgan fingerprint density at radius 1 is 1.07 bits per heavy atom. The molecule has 1 fully saturated rings. The lowest BCUT2D eigenvalue weighted by atomic mass is 10.0. The molecule has 5 rings (SSSR count). The molecular formula is C25H20Cl3F3N6O3. The summed E-state index contributed by atoms with van der Waals surface area (Å²) in [7, 11) is 0. The van der Waals surface area contributed by atoms with Crippen LogP contribution in [0.2, 0.25) is 15.1 Å². The first-order chi connectivity index (χ1) is 18.9. The van der Waals surface area contributed by atoms with Crippen molar-refractivity contribution in [2.24, 2.45) is 5.92 Å². The van der Waals surface area contributed by atoms with Gasteiger partial charge in [-0.3, -0.25) is 4.79 Å². The summed E-state index contributed by atoms with van der Waals surface area (Å²) in [5, 5.41) is 18.0. The van der Waals surface area contributed by atoms with Crippen LogP contribution >= 0.6 is 34.8 Å². The van der Waals surface area contributed by atoms with Crippen LogP contribution in [0.3, 0.4) is 0 Å². The summed E-state index contributed by atoms with van der Waals surface area (Å²) < 4.78 is 33.8. The fourth-order valence-electron chi connectivity index (χ4n) is 3.68. The van der Waals surface area contributed by atoms with Gasteiger partial charge in [-0.1, -0.05) is 40.9 Å². The summed E-state index contributed by atoms with van der Waals surface area (Å²) in [4.78, 5) is 30.6. The summed E-state index contributed by atoms with van der Waals surface area (Å²) in [6.07, 6.45) is -3.55. The van der Waals surface area contributed by atoms with Crippen molar-refractivity contribution in [1.82, 2.24) is 19.9 Å². The number of benzene rings is 2. The molecule has 1 aliphatic rings. The quantitative estimate of drug-likeness (QED) is 0.203. The standard InChI is InChI=1S/C23H19Cl3N6O.C2HF3O2/c24-15-6-7-28-20(9-15)30-22(33)14-4-5-19-18(8-14)29-23(32(19)12-13-10-27-11-13)31-21-16(25)2-1-3-17(21)26;3-2(4,5)1(6)7/h1-9,13,27H,10-12H2,(H,29,31)(H,28,30,33);(H,6,7). The molecule has 0 atom stereocenters. The highest BCUT2D eigenvalue weighted by Gasteiger charge is 2.38. The lowest BCUT2D eigenvalue weighted by Crippen LogP contribution is -2.44. The van der Waals surface area contributed by atoms with Crippen molar-refractivity contribution >= 4 is 75.2 Å². The van der Waals surface area contributed by atoms with Crippen LogP contribution in [0.15, 0.2) is 54.7 Å². The molecule has 2 aromatic heterocycles. The first-order valence-electron chi connectivity index (χ1n) is 11.6. The summed E-state index contributed by atoms with van der Waals surface area (Å²) in [6, 6.07) is 14.0. The van der Waals surface area contributed by atoms with Gasteiger partial charge in [0.2, 0.25) is 5.95 Å². The second-order valence-electron chi connectivity index (χ2n) is 8.61. The largest absolute Gasteiger partial charge is 0.490 e. The maximum Gasteiger partial charge on any atom is 0.490 e. The van der Waals surface area contributed by atoms with Crippen LogP contribution in [-0.2, 0) is 11.3 Å².